The molecule has 94 valence electrons. The van der Waals surface area contributed by atoms with E-state index >= 15 is 0 Å². The Labute approximate surface area is 106 Å². The first kappa shape index (κ1) is 11.3. The quantitative estimate of drug-likeness (QED) is 0.756. The molecule has 0 spiro atoms. The Morgan fingerprint density at radius 2 is 2.33 bits per heavy atom. The third-order valence-corrected chi connectivity index (χ3v) is 3.73. The fourth-order valence-corrected chi connectivity index (χ4v) is 2.72. The third-order valence-electron chi connectivity index (χ3n) is 3.73. The highest BCUT2D eigenvalue weighted by Gasteiger charge is 2.33. The van der Waals surface area contributed by atoms with Crippen molar-refractivity contribution in [2.45, 2.75) is 19.8 Å². The fourth-order valence-electron chi connectivity index (χ4n) is 2.72. The zero-order valence-corrected chi connectivity index (χ0v) is 10.6. The molecule has 1 unspecified atom stereocenters. The smallest absolute Gasteiger partial charge is 0.239 e. The van der Waals surface area contributed by atoms with Gasteiger partial charge < -0.3 is 4.74 Å². The number of hydrazone groups is 1. The van der Waals surface area contributed by atoms with E-state index < -0.39 is 0 Å². The molecule has 4 nitrogen and oxygen atoms in total. The number of methoxy groups -OCH3 is 1. The van der Waals surface area contributed by atoms with Gasteiger partial charge >= 0.3 is 0 Å². The first-order valence-electron chi connectivity index (χ1n) is 6.23. The summed E-state index contributed by atoms with van der Waals surface area (Å²) < 4.78 is 5.27. The average molecular weight is 244 g/mol. The first-order chi connectivity index (χ1) is 8.69. The van der Waals surface area contributed by atoms with Crippen LogP contribution >= 0.6 is 0 Å². The van der Waals surface area contributed by atoms with Crippen molar-refractivity contribution in [2.75, 3.05) is 13.7 Å². The van der Waals surface area contributed by atoms with E-state index in [0.717, 1.165) is 36.4 Å². The number of rotatable bonds is 1. The van der Waals surface area contributed by atoms with E-state index in [2.05, 4.69) is 11.2 Å². The maximum atomic E-state index is 11.4. The molecule has 1 aromatic carbocycles. The number of hydrogen-bond acceptors (Lipinski definition) is 3. The van der Waals surface area contributed by atoms with E-state index in [1.807, 2.05) is 12.1 Å². The van der Waals surface area contributed by atoms with E-state index in [1.165, 1.54) is 5.56 Å². The molecule has 1 amide bonds. The largest absolute Gasteiger partial charge is 0.497 e. The summed E-state index contributed by atoms with van der Waals surface area (Å²) in [6.07, 6.45) is 2.12. The van der Waals surface area contributed by atoms with Crippen molar-refractivity contribution in [2.24, 2.45) is 11.0 Å². The van der Waals surface area contributed by atoms with Gasteiger partial charge in [-0.3, -0.25) is 4.79 Å². The molecule has 4 heteroatoms. The van der Waals surface area contributed by atoms with Crippen LogP contribution < -0.4 is 4.74 Å². The molecule has 0 radical (unpaired) electrons. The Bertz CT molecular complexity index is 537. The van der Waals surface area contributed by atoms with Gasteiger partial charge in [0.1, 0.15) is 5.75 Å². The predicted molar refractivity (Wildman–Crippen MR) is 68.7 cm³/mol. The molecule has 18 heavy (non-hydrogen) atoms. The van der Waals surface area contributed by atoms with Crippen LogP contribution in [-0.2, 0) is 11.2 Å². The Kier molecular flexibility index (Phi) is 2.58. The Balaban J connectivity index is 2.04. The lowest BCUT2D eigenvalue weighted by Gasteiger charge is -2.21. The fraction of sp³-hybridized carbons (Fsp3) is 0.429. The summed E-state index contributed by atoms with van der Waals surface area (Å²) in [6.45, 7) is 2.29. The molecule has 0 aromatic heterocycles. The van der Waals surface area contributed by atoms with Crippen LogP contribution in [0.25, 0.3) is 0 Å². The van der Waals surface area contributed by atoms with E-state index in [1.54, 1.807) is 19.0 Å². The van der Waals surface area contributed by atoms with E-state index in [-0.39, 0.29) is 5.91 Å². The Morgan fingerprint density at radius 1 is 1.50 bits per heavy atom. The van der Waals surface area contributed by atoms with Crippen LogP contribution in [0.5, 0.6) is 5.75 Å². The highest BCUT2D eigenvalue weighted by Crippen LogP contribution is 2.33. The lowest BCUT2D eigenvalue weighted by molar-refractivity contribution is -0.128. The average Bonchev–Trinajstić information content (AvgIpc) is 2.82. The molecule has 1 heterocycles. The zero-order valence-electron chi connectivity index (χ0n) is 10.6. The molecule has 0 N–H and O–H groups in total. The second kappa shape index (κ2) is 4.12. The molecule has 0 fully saturated rings. The number of fused-ring (bicyclic) bond motifs is 3. The van der Waals surface area contributed by atoms with Gasteiger partial charge in [0.15, 0.2) is 0 Å². The standard InChI is InChI=1S/C14H16N2O2/c1-9(17)16-8-11-4-3-10-5-6-12(18-2)7-13(10)14(11)15-16/h5-7,11H,3-4,8H2,1-2H3. The van der Waals surface area contributed by atoms with Gasteiger partial charge in [-0.1, -0.05) is 6.07 Å². The van der Waals surface area contributed by atoms with Crippen LogP contribution in [0.3, 0.4) is 0 Å². The van der Waals surface area contributed by atoms with E-state index in [0.29, 0.717) is 5.92 Å². The first-order valence-corrected chi connectivity index (χ1v) is 6.23. The number of amides is 1. The van der Waals surface area contributed by atoms with Gasteiger partial charge in [0.05, 0.1) is 19.4 Å². The third kappa shape index (κ3) is 1.68. The van der Waals surface area contributed by atoms with Crippen LogP contribution in [-0.4, -0.2) is 30.3 Å². The maximum absolute atomic E-state index is 11.4. The van der Waals surface area contributed by atoms with E-state index in [9.17, 15) is 4.79 Å². The molecule has 1 aliphatic carbocycles. The normalized spacial score (nSPS) is 21.1. The molecule has 0 saturated carbocycles. The predicted octanol–water partition coefficient (Wildman–Crippen LogP) is 1.82. The van der Waals surface area contributed by atoms with Gasteiger partial charge in [0, 0.05) is 18.4 Å². The minimum absolute atomic E-state index is 0.0151. The summed E-state index contributed by atoms with van der Waals surface area (Å²) in [5.41, 5.74) is 3.50. The van der Waals surface area contributed by atoms with Crippen LogP contribution in [0.2, 0.25) is 0 Å². The summed E-state index contributed by atoms with van der Waals surface area (Å²) in [7, 11) is 1.67. The number of nitrogens with zero attached hydrogens (tertiary/aromatic N) is 2. The molecular formula is C14H16N2O2. The van der Waals surface area contributed by atoms with Gasteiger partial charge in [-0.05, 0) is 30.5 Å². The van der Waals surface area contributed by atoms with Crippen molar-refractivity contribution in [3.8, 4) is 5.75 Å². The Hall–Kier alpha value is -1.84. The number of ether oxygens (including phenoxy) is 1. The van der Waals surface area contributed by atoms with Crippen LogP contribution in [0.1, 0.15) is 24.5 Å². The number of aryl methyl sites for hydroxylation is 1. The maximum Gasteiger partial charge on any atom is 0.239 e. The SMILES string of the molecule is COc1ccc2c(c1)C1=NN(C(C)=O)CC1CC2. The second-order valence-corrected chi connectivity index (χ2v) is 4.85. The van der Waals surface area contributed by atoms with Crippen molar-refractivity contribution in [1.82, 2.24) is 5.01 Å². The lowest BCUT2D eigenvalue weighted by Crippen LogP contribution is -2.26. The van der Waals surface area contributed by atoms with Gasteiger partial charge in [0.25, 0.3) is 0 Å². The lowest BCUT2D eigenvalue weighted by atomic mass is 9.82. The Morgan fingerprint density at radius 3 is 3.06 bits per heavy atom. The second-order valence-electron chi connectivity index (χ2n) is 4.85. The number of hydrogen-bond donors (Lipinski definition) is 0. The summed E-state index contributed by atoms with van der Waals surface area (Å²) in [5.74, 6) is 1.24. The molecule has 3 rings (SSSR count). The molecule has 1 aromatic rings. The minimum atomic E-state index is 0.0151. The van der Waals surface area contributed by atoms with Gasteiger partial charge in [-0.25, -0.2) is 5.01 Å². The highest BCUT2D eigenvalue weighted by atomic mass is 16.5. The zero-order chi connectivity index (χ0) is 12.7. The molecule has 2 aliphatic rings. The molecule has 1 atom stereocenters. The van der Waals surface area contributed by atoms with Crippen LogP contribution in [0, 0.1) is 5.92 Å². The van der Waals surface area contributed by atoms with Crippen molar-refractivity contribution >= 4 is 11.6 Å². The summed E-state index contributed by atoms with van der Waals surface area (Å²) in [6, 6.07) is 6.12. The van der Waals surface area contributed by atoms with Crippen molar-refractivity contribution < 1.29 is 9.53 Å². The van der Waals surface area contributed by atoms with Crippen LogP contribution in [0.15, 0.2) is 23.3 Å². The molecule has 0 saturated heterocycles. The minimum Gasteiger partial charge on any atom is -0.497 e. The summed E-state index contributed by atoms with van der Waals surface area (Å²) in [4.78, 5) is 11.4. The topological polar surface area (TPSA) is 41.9 Å². The highest BCUT2D eigenvalue weighted by molar-refractivity contribution is 6.06. The number of carbonyl (C=O) groups is 1. The van der Waals surface area contributed by atoms with E-state index in [4.69, 9.17) is 4.74 Å². The molecular weight excluding hydrogens is 228 g/mol. The molecule has 1 aliphatic heterocycles. The van der Waals surface area contributed by atoms with Crippen LogP contribution in [0.4, 0.5) is 0 Å². The van der Waals surface area contributed by atoms with Gasteiger partial charge in [-0.2, -0.15) is 5.10 Å². The summed E-state index contributed by atoms with van der Waals surface area (Å²) >= 11 is 0. The summed E-state index contributed by atoms with van der Waals surface area (Å²) in [5, 5.41) is 6.05. The van der Waals surface area contributed by atoms with Crippen molar-refractivity contribution in [3.05, 3.63) is 29.3 Å². The number of carbonyl (C=O) groups excluding carboxylic acids is 1. The number of benzene rings is 1. The van der Waals surface area contributed by atoms with Crippen molar-refractivity contribution in [1.29, 1.82) is 0 Å². The molecule has 0 bridgehead atoms. The van der Waals surface area contributed by atoms with Crippen molar-refractivity contribution in [3.63, 3.8) is 0 Å². The monoisotopic (exact) mass is 244 g/mol. The van der Waals surface area contributed by atoms with Gasteiger partial charge in [0.2, 0.25) is 5.91 Å². The van der Waals surface area contributed by atoms with Gasteiger partial charge in [-0.15, -0.1) is 0 Å².